The fourth-order valence-electron chi connectivity index (χ4n) is 0.976. The van der Waals surface area contributed by atoms with Crippen LogP contribution in [0.4, 0.5) is 0 Å². The van der Waals surface area contributed by atoms with Gasteiger partial charge in [0.05, 0.1) is 6.42 Å². The molecular formula is C8H15N3O5. The van der Waals surface area contributed by atoms with E-state index in [0.29, 0.717) is 0 Å². The Morgan fingerprint density at radius 1 is 1.44 bits per heavy atom. The van der Waals surface area contributed by atoms with Crippen molar-refractivity contribution in [3.63, 3.8) is 0 Å². The lowest BCUT2D eigenvalue weighted by molar-refractivity contribution is -0.145. The first-order chi connectivity index (χ1) is 7.42. The summed E-state index contributed by atoms with van der Waals surface area (Å²) < 4.78 is 4.70. The van der Waals surface area contributed by atoms with Crippen molar-refractivity contribution in [2.24, 2.45) is 11.5 Å². The first-order valence-corrected chi connectivity index (χ1v) is 4.46. The summed E-state index contributed by atoms with van der Waals surface area (Å²) in [5, 5.41) is 10.8. The molecule has 1 unspecified atom stereocenters. The van der Waals surface area contributed by atoms with Gasteiger partial charge >= 0.3 is 5.97 Å². The Morgan fingerprint density at radius 2 is 2.00 bits per heavy atom. The first-order valence-electron chi connectivity index (χ1n) is 4.46. The number of aliphatic carboxylic acids is 1. The minimum atomic E-state index is -1.37. The highest BCUT2D eigenvalue weighted by Crippen LogP contribution is 1.95. The monoisotopic (exact) mass is 233 g/mol. The molecule has 0 aromatic rings. The summed E-state index contributed by atoms with van der Waals surface area (Å²) >= 11 is 0. The second kappa shape index (κ2) is 6.75. The summed E-state index contributed by atoms with van der Waals surface area (Å²) in [5.74, 6) is -2.87. The molecule has 92 valence electrons. The van der Waals surface area contributed by atoms with Crippen molar-refractivity contribution in [3.05, 3.63) is 0 Å². The fourth-order valence-corrected chi connectivity index (χ4v) is 0.976. The van der Waals surface area contributed by atoms with Crippen LogP contribution in [0, 0.1) is 0 Å². The maximum atomic E-state index is 11.4. The smallest absolute Gasteiger partial charge is 0.326 e. The summed E-state index contributed by atoms with van der Waals surface area (Å²) in [6.07, 6.45) is -1.43. The van der Waals surface area contributed by atoms with Gasteiger partial charge in [0.25, 0.3) is 5.91 Å². The summed E-state index contributed by atoms with van der Waals surface area (Å²) in [5.41, 5.74) is 10.1. The molecule has 0 saturated heterocycles. The van der Waals surface area contributed by atoms with Crippen molar-refractivity contribution in [2.75, 3.05) is 13.7 Å². The largest absolute Gasteiger partial charge is 0.480 e. The maximum Gasteiger partial charge on any atom is 0.326 e. The highest BCUT2D eigenvalue weighted by molar-refractivity contribution is 5.89. The van der Waals surface area contributed by atoms with E-state index in [4.69, 9.17) is 21.3 Å². The Morgan fingerprint density at radius 3 is 2.31 bits per heavy atom. The van der Waals surface area contributed by atoms with Crippen LogP contribution in [0.3, 0.4) is 0 Å². The highest BCUT2D eigenvalue weighted by Gasteiger charge is 2.25. The van der Waals surface area contributed by atoms with Crippen LogP contribution in [0.5, 0.6) is 0 Å². The molecule has 2 atom stereocenters. The number of hydrogen-bond acceptors (Lipinski definition) is 5. The average molecular weight is 233 g/mol. The molecule has 0 radical (unpaired) electrons. The zero-order valence-electron chi connectivity index (χ0n) is 8.80. The Hall–Kier alpha value is -1.67. The molecular weight excluding hydrogens is 218 g/mol. The van der Waals surface area contributed by atoms with Crippen LogP contribution in [0.15, 0.2) is 0 Å². The normalized spacial score (nSPS) is 13.9. The van der Waals surface area contributed by atoms with E-state index < -0.39 is 36.4 Å². The molecule has 6 N–H and O–H groups in total. The molecule has 0 fully saturated rings. The number of hydrogen-bond donors (Lipinski definition) is 4. The van der Waals surface area contributed by atoms with Gasteiger partial charge in [-0.1, -0.05) is 0 Å². The Bertz CT molecular complexity index is 277. The number of carbonyl (C=O) groups excluding carboxylic acids is 2. The zero-order chi connectivity index (χ0) is 12.7. The van der Waals surface area contributed by atoms with Crippen molar-refractivity contribution in [1.29, 1.82) is 0 Å². The average Bonchev–Trinajstić information content (AvgIpc) is 2.17. The van der Waals surface area contributed by atoms with Crippen LogP contribution in [0.25, 0.3) is 0 Å². The number of ether oxygens (including phenoxy) is 1. The van der Waals surface area contributed by atoms with Gasteiger partial charge in [-0.15, -0.1) is 0 Å². The number of carbonyl (C=O) groups is 3. The highest BCUT2D eigenvalue weighted by atomic mass is 16.5. The lowest BCUT2D eigenvalue weighted by Crippen LogP contribution is -2.49. The molecule has 0 saturated carbocycles. The molecule has 8 nitrogen and oxygen atoms in total. The molecule has 0 aromatic heterocycles. The number of rotatable bonds is 7. The number of methoxy groups -OCH3 is 1. The second-order valence-electron chi connectivity index (χ2n) is 3.03. The van der Waals surface area contributed by atoms with E-state index in [2.05, 4.69) is 5.32 Å². The predicted molar refractivity (Wildman–Crippen MR) is 53.2 cm³/mol. The maximum absolute atomic E-state index is 11.4. The quantitative estimate of drug-likeness (QED) is 0.379. The Labute approximate surface area is 91.9 Å². The lowest BCUT2D eigenvalue weighted by atomic mass is 10.2. The number of carboxylic acids is 1. The predicted octanol–water partition coefficient (Wildman–Crippen LogP) is -2.60. The van der Waals surface area contributed by atoms with Gasteiger partial charge in [-0.2, -0.15) is 0 Å². The van der Waals surface area contributed by atoms with Gasteiger partial charge in [0.2, 0.25) is 5.91 Å². The van der Waals surface area contributed by atoms with Crippen molar-refractivity contribution in [2.45, 2.75) is 18.6 Å². The van der Waals surface area contributed by atoms with Gasteiger partial charge < -0.3 is 26.6 Å². The molecule has 0 aliphatic carbocycles. The number of primary amides is 1. The van der Waals surface area contributed by atoms with E-state index in [9.17, 15) is 14.4 Å². The van der Waals surface area contributed by atoms with Gasteiger partial charge in [-0.05, 0) is 0 Å². The number of carboxylic acid groups (broad SMARTS) is 1. The summed E-state index contributed by atoms with van der Waals surface area (Å²) in [4.78, 5) is 32.6. The third-order valence-corrected chi connectivity index (χ3v) is 1.81. The Kier molecular flexibility index (Phi) is 6.04. The first kappa shape index (κ1) is 14.3. The van der Waals surface area contributed by atoms with Gasteiger partial charge in [0, 0.05) is 13.7 Å². The van der Waals surface area contributed by atoms with Crippen molar-refractivity contribution in [3.8, 4) is 0 Å². The minimum absolute atomic E-state index is 0.0920. The lowest BCUT2D eigenvalue weighted by Gasteiger charge is -2.17. The van der Waals surface area contributed by atoms with Crippen molar-refractivity contribution < 1.29 is 24.2 Å². The van der Waals surface area contributed by atoms with Gasteiger partial charge in [-0.3, -0.25) is 9.59 Å². The third-order valence-electron chi connectivity index (χ3n) is 1.81. The molecule has 0 aromatic carbocycles. The molecule has 0 aliphatic heterocycles. The topological polar surface area (TPSA) is 145 Å². The van der Waals surface area contributed by atoms with E-state index in [-0.39, 0.29) is 6.54 Å². The number of nitrogens with two attached hydrogens (primary N) is 2. The molecule has 2 amide bonds. The van der Waals surface area contributed by atoms with Gasteiger partial charge in [0.1, 0.15) is 12.1 Å². The van der Waals surface area contributed by atoms with Crippen LogP contribution in [-0.2, 0) is 19.1 Å². The van der Waals surface area contributed by atoms with E-state index in [1.165, 1.54) is 7.11 Å². The molecule has 0 bridgehead atoms. The van der Waals surface area contributed by atoms with Crippen LogP contribution >= 0.6 is 0 Å². The summed E-state index contributed by atoms with van der Waals surface area (Å²) in [6.45, 7) is -0.0920. The van der Waals surface area contributed by atoms with Crippen molar-refractivity contribution in [1.82, 2.24) is 5.32 Å². The van der Waals surface area contributed by atoms with Gasteiger partial charge in [0.15, 0.2) is 0 Å². The fraction of sp³-hybridized carbons (Fsp3) is 0.625. The Balaban J connectivity index is 4.44. The van der Waals surface area contributed by atoms with E-state index in [1.54, 1.807) is 0 Å². The van der Waals surface area contributed by atoms with Crippen molar-refractivity contribution >= 4 is 17.8 Å². The molecule has 0 heterocycles. The van der Waals surface area contributed by atoms with E-state index in [1.807, 2.05) is 0 Å². The van der Waals surface area contributed by atoms with Crippen LogP contribution < -0.4 is 16.8 Å². The second-order valence-corrected chi connectivity index (χ2v) is 3.03. The van der Waals surface area contributed by atoms with E-state index in [0.717, 1.165) is 0 Å². The summed E-state index contributed by atoms with van der Waals surface area (Å²) in [6, 6.07) is -1.37. The van der Waals surface area contributed by atoms with Crippen LogP contribution in [0.2, 0.25) is 0 Å². The van der Waals surface area contributed by atoms with Gasteiger partial charge in [-0.25, -0.2) is 4.79 Å². The zero-order valence-corrected chi connectivity index (χ0v) is 8.80. The number of amides is 2. The molecule has 8 heteroatoms. The molecule has 0 spiro atoms. The van der Waals surface area contributed by atoms with Crippen LogP contribution in [-0.4, -0.2) is 48.7 Å². The van der Waals surface area contributed by atoms with E-state index >= 15 is 0 Å². The standard InChI is InChI=1S/C8H15N3O5/c1-16-5(3-9)7(13)11-4(8(14)15)2-6(10)12/h4-5H,2-3,9H2,1H3,(H2,10,12)(H,11,13)(H,14,15)/t4-,5?/m1/s1. The molecule has 16 heavy (non-hydrogen) atoms. The SMILES string of the molecule is COC(CN)C(=O)N[C@H](CC(N)=O)C(=O)O. The number of nitrogens with one attached hydrogen (secondary N) is 1. The summed E-state index contributed by atoms with van der Waals surface area (Å²) in [7, 11) is 1.26. The molecule has 0 rings (SSSR count). The molecule has 0 aliphatic rings. The minimum Gasteiger partial charge on any atom is -0.480 e. The third kappa shape index (κ3) is 4.71. The van der Waals surface area contributed by atoms with Crippen LogP contribution in [0.1, 0.15) is 6.42 Å².